The molecule has 0 spiro atoms. The van der Waals surface area contributed by atoms with Crippen molar-refractivity contribution in [3.63, 3.8) is 0 Å². The topological polar surface area (TPSA) is 33.1 Å². The summed E-state index contributed by atoms with van der Waals surface area (Å²) in [6.07, 6.45) is 2.47. The van der Waals surface area contributed by atoms with E-state index in [1.165, 1.54) is 36.7 Å². The number of likely N-dealkylation sites (tertiary alicyclic amines) is 1. The zero-order valence-corrected chi connectivity index (χ0v) is 12.4. The number of nitrogens with zero attached hydrogens (tertiary/aromatic N) is 3. The largest absolute Gasteiger partial charge is 0.332 e. The molecule has 0 aromatic carbocycles. The van der Waals surface area contributed by atoms with E-state index in [-0.39, 0.29) is 0 Å². The summed E-state index contributed by atoms with van der Waals surface area (Å²) in [5, 5.41) is 3.41. The fraction of sp³-hybridized carbons (Fsp3) is 0.800. The van der Waals surface area contributed by atoms with Crippen LogP contribution < -0.4 is 5.32 Å². The zero-order chi connectivity index (χ0) is 13.4. The number of aromatic nitrogens is 2. The van der Waals surface area contributed by atoms with Crippen LogP contribution in [0.15, 0.2) is 0 Å². The molecule has 0 saturated carbocycles. The number of hydrogen-bond acceptors (Lipinski definition) is 3. The highest BCUT2D eigenvalue weighted by Crippen LogP contribution is 2.23. The van der Waals surface area contributed by atoms with E-state index in [1.54, 1.807) is 0 Å². The summed E-state index contributed by atoms with van der Waals surface area (Å²) in [6, 6.07) is 0.687. The molecule has 1 atom stereocenters. The molecule has 1 fully saturated rings. The summed E-state index contributed by atoms with van der Waals surface area (Å²) in [6.45, 7) is 12.5. The van der Waals surface area contributed by atoms with Gasteiger partial charge in [0.05, 0.1) is 5.69 Å². The minimum absolute atomic E-state index is 0.687. The molecule has 19 heavy (non-hydrogen) atoms. The predicted molar refractivity (Wildman–Crippen MR) is 77.2 cm³/mol. The molecule has 1 saturated heterocycles. The second kappa shape index (κ2) is 5.25. The van der Waals surface area contributed by atoms with Crippen LogP contribution in [0, 0.1) is 12.8 Å². The maximum absolute atomic E-state index is 4.73. The number of nitrogens with one attached hydrogen (secondary N) is 1. The summed E-state index contributed by atoms with van der Waals surface area (Å²) in [4.78, 5) is 7.34. The number of fused-ring (bicyclic) bond motifs is 1. The van der Waals surface area contributed by atoms with Crippen LogP contribution in [0.5, 0.6) is 0 Å². The second-order valence-corrected chi connectivity index (χ2v) is 6.33. The molecular weight excluding hydrogens is 236 g/mol. The van der Waals surface area contributed by atoms with E-state index in [1.807, 2.05) is 0 Å². The first kappa shape index (κ1) is 13.1. The Hall–Kier alpha value is -0.870. The molecule has 0 bridgehead atoms. The van der Waals surface area contributed by atoms with E-state index in [2.05, 4.69) is 35.6 Å². The Kier molecular flexibility index (Phi) is 3.63. The normalized spacial score (nSPS) is 24.1. The first-order valence-corrected chi connectivity index (χ1v) is 7.64. The van der Waals surface area contributed by atoms with Gasteiger partial charge in [-0.05, 0) is 39.7 Å². The molecule has 0 radical (unpaired) electrons. The number of imidazole rings is 1. The third kappa shape index (κ3) is 2.56. The van der Waals surface area contributed by atoms with Gasteiger partial charge in [-0.15, -0.1) is 0 Å². The van der Waals surface area contributed by atoms with Crippen LogP contribution >= 0.6 is 0 Å². The first-order valence-electron chi connectivity index (χ1n) is 7.64. The lowest BCUT2D eigenvalue weighted by Crippen LogP contribution is -2.29. The van der Waals surface area contributed by atoms with E-state index in [0.29, 0.717) is 6.04 Å². The van der Waals surface area contributed by atoms with Crippen LogP contribution in [0.1, 0.15) is 37.5 Å². The Morgan fingerprint density at radius 2 is 2.26 bits per heavy atom. The average Bonchev–Trinajstić information content (AvgIpc) is 2.96. The van der Waals surface area contributed by atoms with E-state index < -0.39 is 0 Å². The van der Waals surface area contributed by atoms with Crippen molar-refractivity contribution in [3.05, 3.63) is 17.2 Å². The molecule has 1 unspecified atom stereocenters. The Morgan fingerprint density at radius 3 is 3.00 bits per heavy atom. The highest BCUT2D eigenvalue weighted by molar-refractivity contribution is 5.20. The van der Waals surface area contributed by atoms with Gasteiger partial charge in [-0.3, -0.25) is 0 Å². The van der Waals surface area contributed by atoms with Crippen LogP contribution in [-0.2, 0) is 19.5 Å². The highest BCUT2D eigenvalue weighted by atomic mass is 15.2. The van der Waals surface area contributed by atoms with Gasteiger partial charge in [-0.25, -0.2) is 4.98 Å². The summed E-state index contributed by atoms with van der Waals surface area (Å²) < 4.78 is 2.49. The molecule has 4 nitrogen and oxygen atoms in total. The van der Waals surface area contributed by atoms with Crippen molar-refractivity contribution in [2.75, 3.05) is 19.6 Å². The van der Waals surface area contributed by atoms with Gasteiger partial charge < -0.3 is 14.8 Å². The van der Waals surface area contributed by atoms with Crippen LogP contribution in [0.25, 0.3) is 0 Å². The van der Waals surface area contributed by atoms with Crippen molar-refractivity contribution in [2.45, 2.75) is 52.7 Å². The fourth-order valence-corrected chi connectivity index (χ4v) is 3.49. The Bertz CT molecular complexity index is 449. The van der Waals surface area contributed by atoms with Crippen LogP contribution in [0.2, 0.25) is 0 Å². The monoisotopic (exact) mass is 262 g/mol. The van der Waals surface area contributed by atoms with Gasteiger partial charge in [0.15, 0.2) is 0 Å². The predicted octanol–water partition coefficient (Wildman–Crippen LogP) is 1.57. The summed E-state index contributed by atoms with van der Waals surface area (Å²) in [7, 11) is 0. The Morgan fingerprint density at radius 1 is 1.42 bits per heavy atom. The van der Waals surface area contributed by atoms with E-state index in [4.69, 9.17) is 4.98 Å². The van der Waals surface area contributed by atoms with Gasteiger partial charge in [-0.2, -0.15) is 0 Å². The smallest absolute Gasteiger partial charge is 0.106 e. The zero-order valence-electron chi connectivity index (χ0n) is 12.4. The van der Waals surface area contributed by atoms with Gasteiger partial charge >= 0.3 is 0 Å². The average molecular weight is 262 g/mol. The minimum atomic E-state index is 0.687. The molecule has 1 aromatic heterocycles. The Labute approximate surface area is 116 Å². The first-order chi connectivity index (χ1) is 9.15. The molecule has 0 aliphatic carbocycles. The molecule has 106 valence electrons. The number of hydrogen-bond donors (Lipinski definition) is 1. The summed E-state index contributed by atoms with van der Waals surface area (Å²) in [5.41, 5.74) is 2.77. The van der Waals surface area contributed by atoms with Crippen molar-refractivity contribution in [3.8, 4) is 0 Å². The van der Waals surface area contributed by atoms with Gasteiger partial charge in [0.2, 0.25) is 0 Å². The Balaban J connectivity index is 1.72. The molecule has 1 N–H and O–H groups in total. The van der Waals surface area contributed by atoms with Crippen LogP contribution in [0.4, 0.5) is 0 Å². The van der Waals surface area contributed by atoms with Gasteiger partial charge in [0.25, 0.3) is 0 Å². The number of aryl methyl sites for hydroxylation is 1. The van der Waals surface area contributed by atoms with E-state index >= 15 is 0 Å². The van der Waals surface area contributed by atoms with Gasteiger partial charge in [0, 0.05) is 44.3 Å². The molecular formula is C15H26N4. The summed E-state index contributed by atoms with van der Waals surface area (Å²) >= 11 is 0. The van der Waals surface area contributed by atoms with Crippen molar-refractivity contribution in [1.82, 2.24) is 19.8 Å². The van der Waals surface area contributed by atoms with E-state index in [9.17, 15) is 0 Å². The van der Waals surface area contributed by atoms with Crippen molar-refractivity contribution in [1.29, 1.82) is 0 Å². The quantitative estimate of drug-likeness (QED) is 0.897. The third-order valence-corrected chi connectivity index (χ3v) is 4.67. The molecule has 3 rings (SSSR count). The SMILES string of the molecule is Cc1nc2c(n1CC1CCN(C(C)C)C1)CCNC2. The highest BCUT2D eigenvalue weighted by Gasteiger charge is 2.26. The van der Waals surface area contributed by atoms with Crippen molar-refractivity contribution in [2.24, 2.45) is 5.92 Å². The third-order valence-electron chi connectivity index (χ3n) is 4.67. The van der Waals surface area contributed by atoms with Crippen LogP contribution in [-0.4, -0.2) is 40.1 Å². The lowest BCUT2D eigenvalue weighted by molar-refractivity contribution is 0.260. The van der Waals surface area contributed by atoms with Gasteiger partial charge in [0.1, 0.15) is 5.82 Å². The molecule has 0 amide bonds. The standard InChI is InChI=1S/C15H26N4/c1-11(2)18-7-5-13(9-18)10-19-12(3)17-14-8-16-6-4-15(14)19/h11,13,16H,4-10H2,1-3H3. The molecule has 1 aromatic rings. The minimum Gasteiger partial charge on any atom is -0.332 e. The molecule has 2 aliphatic rings. The van der Waals surface area contributed by atoms with Crippen molar-refractivity contribution < 1.29 is 0 Å². The van der Waals surface area contributed by atoms with Crippen LogP contribution in [0.3, 0.4) is 0 Å². The lowest BCUT2D eigenvalue weighted by Gasteiger charge is -2.21. The molecule has 2 aliphatic heterocycles. The fourth-order valence-electron chi connectivity index (χ4n) is 3.49. The van der Waals surface area contributed by atoms with Gasteiger partial charge in [-0.1, -0.05) is 0 Å². The number of rotatable bonds is 3. The summed E-state index contributed by atoms with van der Waals surface area (Å²) in [5.74, 6) is 2.01. The maximum Gasteiger partial charge on any atom is 0.106 e. The molecule has 3 heterocycles. The maximum atomic E-state index is 4.73. The lowest BCUT2D eigenvalue weighted by atomic mass is 10.1. The second-order valence-electron chi connectivity index (χ2n) is 6.33. The molecule has 4 heteroatoms. The van der Waals surface area contributed by atoms with E-state index in [0.717, 1.165) is 32.0 Å². The van der Waals surface area contributed by atoms with Crippen molar-refractivity contribution >= 4 is 0 Å².